The monoisotopic (exact) mass is 223 g/mol. The van der Waals surface area contributed by atoms with Crippen molar-refractivity contribution in [2.24, 2.45) is 5.73 Å². The van der Waals surface area contributed by atoms with Crippen LogP contribution in [0.1, 0.15) is 13.3 Å². The van der Waals surface area contributed by atoms with E-state index in [1.54, 1.807) is 0 Å². The molecule has 0 aromatic heterocycles. The molecule has 6 nitrogen and oxygen atoms in total. The summed E-state index contributed by atoms with van der Waals surface area (Å²) >= 11 is 3.65. The lowest BCUT2D eigenvalue weighted by Gasteiger charge is -1.96. The Kier molecular flexibility index (Phi) is 9.36. The third-order valence-electron chi connectivity index (χ3n) is 1.07. The molecule has 0 aromatic carbocycles. The number of carbonyl (C=O) groups excluding carboxylic acids is 1. The molecule has 0 bridgehead atoms. The molecule has 7 heteroatoms. The van der Waals surface area contributed by atoms with Gasteiger partial charge in [-0.25, -0.2) is 4.79 Å². The summed E-state index contributed by atoms with van der Waals surface area (Å²) in [5.41, 5.74) is 4.94. The summed E-state index contributed by atoms with van der Waals surface area (Å²) in [6.07, 6.45) is 0.0787. The first-order valence-electron chi connectivity index (χ1n) is 3.72. The van der Waals surface area contributed by atoms with Crippen LogP contribution in [0, 0.1) is 0 Å². The van der Waals surface area contributed by atoms with Crippen LogP contribution in [0.4, 0.5) is 0 Å². The van der Waals surface area contributed by atoms with E-state index in [4.69, 9.17) is 15.9 Å². The second-order valence-electron chi connectivity index (χ2n) is 2.21. The summed E-state index contributed by atoms with van der Waals surface area (Å²) in [4.78, 5) is 29.2. The molecule has 0 radical (unpaired) electrons. The van der Waals surface area contributed by atoms with E-state index in [0.29, 0.717) is 0 Å². The Morgan fingerprint density at radius 2 is 1.79 bits per heavy atom. The Morgan fingerprint density at radius 1 is 1.36 bits per heavy atom. The van der Waals surface area contributed by atoms with E-state index in [1.807, 2.05) is 0 Å². The van der Waals surface area contributed by atoms with Crippen molar-refractivity contribution in [3.8, 4) is 0 Å². The van der Waals surface area contributed by atoms with Crippen molar-refractivity contribution in [3.05, 3.63) is 0 Å². The van der Waals surface area contributed by atoms with Crippen molar-refractivity contribution < 1.29 is 24.6 Å². The molecule has 1 atom stereocenters. The quantitative estimate of drug-likeness (QED) is 0.372. The largest absolute Gasteiger partial charge is 0.480 e. The van der Waals surface area contributed by atoms with E-state index in [0.717, 1.165) is 0 Å². The van der Waals surface area contributed by atoms with Gasteiger partial charge >= 0.3 is 11.9 Å². The normalized spacial score (nSPS) is 10.8. The molecule has 0 aromatic rings. The zero-order chi connectivity index (χ0) is 11.7. The van der Waals surface area contributed by atoms with E-state index in [9.17, 15) is 14.4 Å². The molecule has 1 unspecified atom stereocenters. The summed E-state index contributed by atoms with van der Waals surface area (Å²) in [6, 6.07) is -0.816. The number of carboxylic acids is 2. The van der Waals surface area contributed by atoms with Crippen LogP contribution >= 0.6 is 12.6 Å². The molecule has 0 spiro atoms. The van der Waals surface area contributed by atoms with Crippen molar-refractivity contribution >= 4 is 30.4 Å². The first-order chi connectivity index (χ1) is 6.36. The van der Waals surface area contributed by atoms with Crippen molar-refractivity contribution in [1.29, 1.82) is 0 Å². The van der Waals surface area contributed by atoms with Gasteiger partial charge in [-0.15, -0.1) is 0 Å². The molecule has 0 saturated carbocycles. The molecule has 14 heavy (non-hydrogen) atoms. The van der Waals surface area contributed by atoms with Gasteiger partial charge in [0.15, 0.2) is 0 Å². The van der Waals surface area contributed by atoms with Crippen LogP contribution in [0.5, 0.6) is 0 Å². The van der Waals surface area contributed by atoms with Crippen molar-refractivity contribution in [2.75, 3.05) is 5.75 Å². The van der Waals surface area contributed by atoms with Crippen LogP contribution in [0.15, 0.2) is 0 Å². The first kappa shape index (κ1) is 15.4. The summed E-state index contributed by atoms with van der Waals surface area (Å²) in [7, 11) is 0. The number of hydrogen-bond donors (Lipinski definition) is 4. The topological polar surface area (TPSA) is 118 Å². The van der Waals surface area contributed by atoms with Crippen molar-refractivity contribution in [3.63, 3.8) is 0 Å². The molecule has 0 aliphatic carbocycles. The molecule has 0 saturated heterocycles. The number of carboxylic acid groups (broad SMARTS) is 2. The van der Waals surface area contributed by atoms with Gasteiger partial charge in [0.05, 0.1) is 0 Å². The standard InChI is InChI=1S/C4H6O3.C3H7NO2S/c1-2-3(5)4(6)7;4-2(1-7)3(5)6/h2H2,1H3,(H,6,7);2,7H,1,4H2,(H,5,6). The lowest BCUT2D eigenvalue weighted by atomic mass is 10.3. The number of aliphatic carboxylic acids is 2. The second-order valence-corrected chi connectivity index (χ2v) is 2.57. The maximum Gasteiger partial charge on any atom is 0.372 e. The van der Waals surface area contributed by atoms with Gasteiger partial charge in [-0.1, -0.05) is 6.92 Å². The Bertz CT molecular complexity index is 218. The average Bonchev–Trinajstić information content (AvgIpc) is 2.15. The third kappa shape index (κ3) is 9.01. The fourth-order valence-electron chi connectivity index (χ4n) is 0.229. The minimum Gasteiger partial charge on any atom is -0.480 e. The highest BCUT2D eigenvalue weighted by molar-refractivity contribution is 7.80. The number of thiol groups is 1. The maximum atomic E-state index is 9.91. The number of carbonyl (C=O) groups is 3. The predicted octanol–water partition coefficient (Wildman–Crippen LogP) is -0.622. The molecule has 0 rings (SSSR count). The smallest absolute Gasteiger partial charge is 0.372 e. The van der Waals surface area contributed by atoms with Crippen LogP contribution in [-0.2, 0) is 14.4 Å². The Labute approximate surface area is 86.5 Å². The van der Waals surface area contributed by atoms with Gasteiger partial charge in [0, 0.05) is 12.2 Å². The zero-order valence-corrected chi connectivity index (χ0v) is 8.53. The van der Waals surface area contributed by atoms with Gasteiger partial charge in [0.1, 0.15) is 6.04 Å². The number of rotatable bonds is 4. The minimum absolute atomic E-state index is 0.0787. The highest BCUT2D eigenvalue weighted by atomic mass is 32.1. The molecule has 0 aliphatic heterocycles. The van der Waals surface area contributed by atoms with Crippen LogP contribution in [0.3, 0.4) is 0 Å². The number of hydrogen-bond acceptors (Lipinski definition) is 5. The van der Waals surface area contributed by atoms with Gasteiger partial charge in [0.2, 0.25) is 5.78 Å². The van der Waals surface area contributed by atoms with Crippen LogP contribution in [0.25, 0.3) is 0 Å². The van der Waals surface area contributed by atoms with Crippen LogP contribution < -0.4 is 5.73 Å². The molecule has 0 aliphatic rings. The van der Waals surface area contributed by atoms with Gasteiger partial charge < -0.3 is 15.9 Å². The zero-order valence-electron chi connectivity index (χ0n) is 7.64. The maximum absolute atomic E-state index is 9.91. The SMILES string of the molecule is CCC(=O)C(=O)O.NC(CS)C(=O)O. The molecule has 82 valence electrons. The lowest BCUT2D eigenvalue weighted by molar-refractivity contribution is -0.148. The predicted molar refractivity (Wildman–Crippen MR) is 52.4 cm³/mol. The Hall–Kier alpha value is -1.08. The van der Waals surface area contributed by atoms with E-state index in [1.165, 1.54) is 6.92 Å². The summed E-state index contributed by atoms with van der Waals surface area (Å²) in [5.74, 6) is -2.90. The number of ketones is 1. The van der Waals surface area contributed by atoms with E-state index < -0.39 is 23.8 Å². The van der Waals surface area contributed by atoms with Gasteiger partial charge in [-0.05, 0) is 0 Å². The second kappa shape index (κ2) is 8.52. The molecule has 0 amide bonds. The first-order valence-corrected chi connectivity index (χ1v) is 4.35. The fraction of sp³-hybridized carbons (Fsp3) is 0.571. The average molecular weight is 223 g/mol. The molecular formula is C7H13NO5S. The Morgan fingerprint density at radius 3 is 1.79 bits per heavy atom. The van der Waals surface area contributed by atoms with E-state index in [2.05, 4.69) is 12.6 Å². The lowest BCUT2D eigenvalue weighted by Crippen LogP contribution is -2.31. The van der Waals surface area contributed by atoms with Crippen LogP contribution in [-0.4, -0.2) is 39.7 Å². The third-order valence-corrected chi connectivity index (χ3v) is 1.47. The van der Waals surface area contributed by atoms with Gasteiger partial charge in [-0.2, -0.15) is 12.6 Å². The summed E-state index contributed by atoms with van der Waals surface area (Å²) in [6.45, 7) is 1.51. The van der Waals surface area contributed by atoms with Crippen LogP contribution in [0.2, 0.25) is 0 Å². The van der Waals surface area contributed by atoms with Gasteiger partial charge in [0.25, 0.3) is 0 Å². The Balaban J connectivity index is 0. The van der Waals surface area contributed by atoms with Crippen molar-refractivity contribution in [2.45, 2.75) is 19.4 Å². The van der Waals surface area contributed by atoms with Crippen molar-refractivity contribution in [1.82, 2.24) is 0 Å². The molecule has 4 N–H and O–H groups in total. The molecular weight excluding hydrogens is 210 g/mol. The van der Waals surface area contributed by atoms with Gasteiger partial charge in [-0.3, -0.25) is 9.59 Å². The number of nitrogens with two attached hydrogens (primary N) is 1. The van der Waals surface area contributed by atoms with E-state index >= 15 is 0 Å². The minimum atomic E-state index is -1.34. The summed E-state index contributed by atoms with van der Waals surface area (Å²) in [5, 5.41) is 15.8. The molecule has 0 heterocycles. The number of Topliss-reactive ketones (excluding diaryl/α,β-unsaturated/α-hetero) is 1. The molecule has 0 fully saturated rings. The summed E-state index contributed by atoms with van der Waals surface area (Å²) < 4.78 is 0. The highest BCUT2D eigenvalue weighted by Gasteiger charge is 2.06. The highest BCUT2D eigenvalue weighted by Crippen LogP contribution is 1.80. The fourth-order valence-corrected chi connectivity index (χ4v) is 0.386. The van der Waals surface area contributed by atoms with E-state index in [-0.39, 0.29) is 12.2 Å².